The van der Waals surface area contributed by atoms with Crippen LogP contribution in [0.2, 0.25) is 10.0 Å². The number of halogens is 3. The van der Waals surface area contributed by atoms with Gasteiger partial charge in [-0.3, -0.25) is 13.9 Å². The third-order valence-corrected chi connectivity index (χ3v) is 7.07. The van der Waals surface area contributed by atoms with E-state index in [-0.39, 0.29) is 48.5 Å². The van der Waals surface area contributed by atoms with Crippen molar-refractivity contribution in [3.05, 3.63) is 63.9 Å². The first-order valence-electron chi connectivity index (χ1n) is 11.2. The smallest absolute Gasteiger partial charge is 0.242 e. The Labute approximate surface area is 216 Å². The predicted molar refractivity (Wildman–Crippen MR) is 138 cm³/mol. The molecular formula is C24H30Cl2FN3O4S. The van der Waals surface area contributed by atoms with E-state index < -0.39 is 21.9 Å². The van der Waals surface area contributed by atoms with Crippen molar-refractivity contribution in [2.45, 2.75) is 45.7 Å². The highest BCUT2D eigenvalue weighted by Crippen LogP contribution is 2.31. The van der Waals surface area contributed by atoms with Gasteiger partial charge in [0.1, 0.15) is 11.9 Å². The van der Waals surface area contributed by atoms with Crippen molar-refractivity contribution in [2.75, 3.05) is 23.7 Å². The predicted octanol–water partition coefficient (Wildman–Crippen LogP) is 4.62. The normalized spacial score (nSPS) is 12.2. The number of rotatable bonds is 12. The number of anilines is 1. The standard InChI is InChI=1S/C24H30Cl2FN3O4S/c1-4-21(24(32)28-5-2)29(16-17-8-11-19(27)12-9-17)23(31)7-6-14-30(35(3,33)34)22-15-18(25)10-13-20(22)26/h8-13,15,21H,4-7,14,16H2,1-3H3,(H,28,32)/t21-/m1/s1. The molecule has 1 N–H and O–H groups in total. The average Bonchev–Trinajstić information content (AvgIpc) is 2.79. The fourth-order valence-corrected chi connectivity index (χ4v) is 5.06. The van der Waals surface area contributed by atoms with Crippen LogP contribution < -0.4 is 9.62 Å². The van der Waals surface area contributed by atoms with Gasteiger partial charge in [-0.15, -0.1) is 0 Å². The van der Waals surface area contributed by atoms with Crippen LogP contribution in [0.15, 0.2) is 42.5 Å². The molecule has 2 aromatic carbocycles. The summed E-state index contributed by atoms with van der Waals surface area (Å²) in [4.78, 5) is 27.4. The lowest BCUT2D eigenvalue weighted by molar-refractivity contribution is -0.141. The Kier molecular flexibility index (Phi) is 10.8. The molecule has 0 aliphatic rings. The summed E-state index contributed by atoms with van der Waals surface area (Å²) in [6, 6.07) is 9.51. The van der Waals surface area contributed by atoms with Gasteiger partial charge in [0, 0.05) is 31.1 Å². The monoisotopic (exact) mass is 545 g/mol. The molecule has 2 amide bonds. The summed E-state index contributed by atoms with van der Waals surface area (Å²) in [7, 11) is -3.70. The van der Waals surface area contributed by atoms with Crippen molar-refractivity contribution in [3.8, 4) is 0 Å². The molecule has 0 radical (unpaired) electrons. The van der Waals surface area contributed by atoms with E-state index in [1.165, 1.54) is 29.2 Å². The van der Waals surface area contributed by atoms with Crippen LogP contribution >= 0.6 is 23.2 Å². The van der Waals surface area contributed by atoms with E-state index in [2.05, 4.69) is 5.32 Å². The van der Waals surface area contributed by atoms with Crippen LogP contribution in [0.3, 0.4) is 0 Å². The van der Waals surface area contributed by atoms with Crippen LogP contribution in [0.1, 0.15) is 38.7 Å². The zero-order valence-electron chi connectivity index (χ0n) is 19.9. The number of sulfonamides is 1. The summed E-state index contributed by atoms with van der Waals surface area (Å²) in [5.74, 6) is -1.00. The van der Waals surface area contributed by atoms with Gasteiger partial charge in [0.05, 0.1) is 17.0 Å². The number of likely N-dealkylation sites (N-methyl/N-ethyl adjacent to an activating group) is 1. The van der Waals surface area contributed by atoms with Gasteiger partial charge in [-0.2, -0.15) is 0 Å². The molecule has 0 fully saturated rings. The van der Waals surface area contributed by atoms with Gasteiger partial charge in [0.15, 0.2) is 0 Å². The Morgan fingerprint density at radius 3 is 2.31 bits per heavy atom. The number of carbonyl (C=O) groups excluding carboxylic acids is 2. The second-order valence-electron chi connectivity index (χ2n) is 8.00. The maximum absolute atomic E-state index is 13.4. The van der Waals surface area contributed by atoms with E-state index in [1.807, 2.05) is 0 Å². The topological polar surface area (TPSA) is 86.8 Å². The molecule has 11 heteroatoms. The average molecular weight is 546 g/mol. The van der Waals surface area contributed by atoms with Crippen molar-refractivity contribution < 1.29 is 22.4 Å². The summed E-state index contributed by atoms with van der Waals surface area (Å²) >= 11 is 12.2. The van der Waals surface area contributed by atoms with Crippen molar-refractivity contribution in [1.29, 1.82) is 0 Å². The van der Waals surface area contributed by atoms with Gasteiger partial charge < -0.3 is 10.2 Å². The largest absolute Gasteiger partial charge is 0.355 e. The summed E-state index contributed by atoms with van der Waals surface area (Å²) in [6.07, 6.45) is 1.60. The minimum Gasteiger partial charge on any atom is -0.355 e. The van der Waals surface area contributed by atoms with Gasteiger partial charge in [-0.25, -0.2) is 12.8 Å². The Morgan fingerprint density at radius 1 is 1.09 bits per heavy atom. The first kappa shape index (κ1) is 28.9. The van der Waals surface area contributed by atoms with Crippen molar-refractivity contribution in [2.24, 2.45) is 0 Å². The fraction of sp³-hybridized carbons (Fsp3) is 0.417. The third-order valence-electron chi connectivity index (χ3n) is 5.33. The summed E-state index contributed by atoms with van der Waals surface area (Å²) in [6.45, 7) is 4.12. The lowest BCUT2D eigenvalue weighted by Gasteiger charge is -2.31. The number of nitrogens with zero attached hydrogens (tertiary/aromatic N) is 2. The molecule has 7 nitrogen and oxygen atoms in total. The molecular weight excluding hydrogens is 516 g/mol. The molecule has 0 aromatic heterocycles. The minimum absolute atomic E-state index is 0.00697. The molecule has 0 saturated carbocycles. The molecule has 35 heavy (non-hydrogen) atoms. The Morgan fingerprint density at radius 2 is 1.74 bits per heavy atom. The van der Waals surface area contributed by atoms with E-state index in [4.69, 9.17) is 23.2 Å². The molecule has 0 bridgehead atoms. The fourth-order valence-electron chi connectivity index (χ4n) is 3.66. The molecule has 0 aliphatic carbocycles. The number of benzene rings is 2. The van der Waals surface area contributed by atoms with Crippen molar-refractivity contribution in [1.82, 2.24) is 10.2 Å². The molecule has 1 atom stereocenters. The Balaban J connectivity index is 2.23. The van der Waals surface area contributed by atoms with E-state index in [0.29, 0.717) is 23.6 Å². The van der Waals surface area contributed by atoms with Gasteiger partial charge in [0.25, 0.3) is 0 Å². The van der Waals surface area contributed by atoms with Crippen molar-refractivity contribution in [3.63, 3.8) is 0 Å². The summed E-state index contributed by atoms with van der Waals surface area (Å²) < 4.78 is 39.3. The lowest BCUT2D eigenvalue weighted by Crippen LogP contribution is -2.49. The summed E-state index contributed by atoms with van der Waals surface area (Å²) in [5, 5.41) is 3.29. The highest BCUT2D eigenvalue weighted by atomic mass is 35.5. The van der Waals surface area contributed by atoms with E-state index in [9.17, 15) is 22.4 Å². The Hall–Kier alpha value is -2.36. The van der Waals surface area contributed by atoms with E-state index in [0.717, 1.165) is 10.6 Å². The minimum atomic E-state index is -3.70. The first-order valence-corrected chi connectivity index (χ1v) is 13.8. The van der Waals surface area contributed by atoms with Crippen LogP contribution in [0.25, 0.3) is 0 Å². The van der Waals surface area contributed by atoms with Gasteiger partial charge >= 0.3 is 0 Å². The van der Waals surface area contributed by atoms with Gasteiger partial charge in [-0.1, -0.05) is 42.3 Å². The van der Waals surface area contributed by atoms with Gasteiger partial charge in [-0.05, 0) is 55.7 Å². The Bertz CT molecular complexity index is 1130. The second kappa shape index (κ2) is 13.1. The van der Waals surface area contributed by atoms with Gasteiger partial charge in [0.2, 0.25) is 21.8 Å². The second-order valence-corrected chi connectivity index (χ2v) is 10.8. The number of carbonyl (C=O) groups is 2. The zero-order chi connectivity index (χ0) is 26.2. The van der Waals surface area contributed by atoms with Crippen LogP contribution in [0, 0.1) is 5.82 Å². The first-order chi connectivity index (χ1) is 16.5. The number of hydrogen-bond donors (Lipinski definition) is 1. The zero-order valence-corrected chi connectivity index (χ0v) is 22.3. The van der Waals surface area contributed by atoms with Crippen LogP contribution in [0.4, 0.5) is 10.1 Å². The molecule has 0 spiro atoms. The molecule has 0 heterocycles. The molecule has 192 valence electrons. The SMILES string of the molecule is CCNC(=O)[C@@H](CC)N(Cc1ccc(F)cc1)C(=O)CCCN(c1cc(Cl)ccc1Cl)S(C)(=O)=O. The number of hydrogen-bond acceptors (Lipinski definition) is 4. The number of amides is 2. The number of nitrogens with one attached hydrogen (secondary N) is 1. The molecule has 2 aromatic rings. The molecule has 0 saturated heterocycles. The maximum Gasteiger partial charge on any atom is 0.242 e. The molecule has 2 rings (SSSR count). The molecule has 0 aliphatic heterocycles. The third kappa shape index (κ3) is 8.37. The summed E-state index contributed by atoms with van der Waals surface area (Å²) in [5.41, 5.74) is 0.900. The van der Waals surface area contributed by atoms with Crippen LogP contribution in [-0.4, -0.2) is 50.5 Å². The quantitative estimate of drug-likeness (QED) is 0.421. The highest BCUT2D eigenvalue weighted by Gasteiger charge is 2.28. The lowest BCUT2D eigenvalue weighted by atomic mass is 10.1. The molecule has 0 unspecified atom stereocenters. The van der Waals surface area contributed by atoms with E-state index >= 15 is 0 Å². The van der Waals surface area contributed by atoms with Crippen LogP contribution in [0.5, 0.6) is 0 Å². The van der Waals surface area contributed by atoms with Crippen molar-refractivity contribution >= 4 is 50.7 Å². The van der Waals surface area contributed by atoms with E-state index in [1.54, 1.807) is 32.0 Å². The highest BCUT2D eigenvalue weighted by molar-refractivity contribution is 7.92. The maximum atomic E-state index is 13.4. The van der Waals surface area contributed by atoms with Crippen LogP contribution in [-0.2, 0) is 26.2 Å².